The third-order valence-corrected chi connectivity index (χ3v) is 4.69. The molecule has 0 radical (unpaired) electrons. The molecule has 0 bridgehead atoms. The van der Waals surface area contributed by atoms with E-state index in [-0.39, 0.29) is 36.4 Å². The first-order valence-corrected chi connectivity index (χ1v) is 8.66. The van der Waals surface area contributed by atoms with Gasteiger partial charge in [0.05, 0.1) is 7.11 Å². The average Bonchev–Trinajstić information content (AvgIpc) is 3.21. The van der Waals surface area contributed by atoms with Crippen molar-refractivity contribution >= 4 is 18.3 Å². The van der Waals surface area contributed by atoms with Crippen LogP contribution >= 0.6 is 12.4 Å². The number of alkyl halides is 2. The molecule has 1 amide bonds. The smallest absolute Gasteiger partial charge is 0.387 e. The Hall–Kier alpha value is -2.39. The molecular weight excluding hydrogens is 394 g/mol. The average molecular weight is 417 g/mol. The summed E-state index contributed by atoms with van der Waals surface area (Å²) in [5.41, 5.74) is -0.131. The zero-order valence-corrected chi connectivity index (χ0v) is 16.2. The highest BCUT2D eigenvalue weighted by molar-refractivity contribution is 5.85. The SMILES string of the molecule is COc1ccc(CNC(=O)C2(n3cccn3)CCNCC2)cc1OC(F)F.Cl. The first kappa shape index (κ1) is 21.9. The molecule has 10 heteroatoms. The Bertz CT molecular complexity index is 768. The minimum Gasteiger partial charge on any atom is -0.493 e. The van der Waals surface area contributed by atoms with E-state index in [2.05, 4.69) is 20.5 Å². The van der Waals surface area contributed by atoms with E-state index in [1.165, 1.54) is 19.2 Å². The lowest BCUT2D eigenvalue weighted by Gasteiger charge is -2.36. The molecule has 2 heterocycles. The van der Waals surface area contributed by atoms with Crippen molar-refractivity contribution in [1.82, 2.24) is 20.4 Å². The molecule has 7 nitrogen and oxygen atoms in total. The van der Waals surface area contributed by atoms with Crippen molar-refractivity contribution in [2.75, 3.05) is 20.2 Å². The summed E-state index contributed by atoms with van der Waals surface area (Å²) in [5, 5.41) is 10.4. The molecule has 0 spiro atoms. The fourth-order valence-electron chi connectivity index (χ4n) is 3.29. The fourth-order valence-corrected chi connectivity index (χ4v) is 3.29. The summed E-state index contributed by atoms with van der Waals surface area (Å²) in [4.78, 5) is 13.0. The topological polar surface area (TPSA) is 77.4 Å². The van der Waals surface area contributed by atoms with Gasteiger partial charge >= 0.3 is 6.61 Å². The lowest BCUT2D eigenvalue weighted by molar-refractivity contribution is -0.132. The van der Waals surface area contributed by atoms with E-state index in [1.807, 2.05) is 0 Å². The van der Waals surface area contributed by atoms with Crippen molar-refractivity contribution in [3.05, 3.63) is 42.2 Å². The van der Waals surface area contributed by atoms with Crippen LogP contribution in [0, 0.1) is 0 Å². The molecule has 1 aliphatic heterocycles. The Labute approximate surface area is 167 Å². The number of rotatable bonds is 7. The number of carbonyl (C=O) groups is 1. The van der Waals surface area contributed by atoms with Crippen LogP contribution in [0.5, 0.6) is 11.5 Å². The summed E-state index contributed by atoms with van der Waals surface area (Å²) in [5.74, 6) is -0.0144. The molecule has 28 heavy (non-hydrogen) atoms. The quantitative estimate of drug-likeness (QED) is 0.724. The highest BCUT2D eigenvalue weighted by atomic mass is 35.5. The molecule has 1 aliphatic rings. The van der Waals surface area contributed by atoms with Crippen molar-refractivity contribution in [2.45, 2.75) is 31.5 Å². The van der Waals surface area contributed by atoms with E-state index >= 15 is 0 Å². The van der Waals surface area contributed by atoms with Crippen LogP contribution in [0.25, 0.3) is 0 Å². The van der Waals surface area contributed by atoms with Crippen molar-refractivity contribution in [2.24, 2.45) is 0 Å². The second-order valence-electron chi connectivity index (χ2n) is 6.28. The predicted octanol–water partition coefficient (Wildman–Crippen LogP) is 2.31. The first-order valence-electron chi connectivity index (χ1n) is 8.66. The van der Waals surface area contributed by atoms with Gasteiger partial charge in [-0.1, -0.05) is 6.07 Å². The van der Waals surface area contributed by atoms with Gasteiger partial charge < -0.3 is 20.1 Å². The van der Waals surface area contributed by atoms with Gasteiger partial charge in [0.25, 0.3) is 0 Å². The fraction of sp³-hybridized carbons (Fsp3) is 0.444. The van der Waals surface area contributed by atoms with Crippen LogP contribution in [0.1, 0.15) is 18.4 Å². The largest absolute Gasteiger partial charge is 0.493 e. The van der Waals surface area contributed by atoms with Gasteiger partial charge in [-0.3, -0.25) is 9.48 Å². The van der Waals surface area contributed by atoms with Gasteiger partial charge in [-0.15, -0.1) is 12.4 Å². The van der Waals surface area contributed by atoms with Crippen molar-refractivity contribution < 1.29 is 23.0 Å². The van der Waals surface area contributed by atoms with Gasteiger partial charge in [-0.2, -0.15) is 13.9 Å². The van der Waals surface area contributed by atoms with Crippen LogP contribution < -0.4 is 20.1 Å². The molecule has 3 rings (SSSR count). The number of benzene rings is 1. The van der Waals surface area contributed by atoms with Crippen LogP contribution in [0.4, 0.5) is 8.78 Å². The van der Waals surface area contributed by atoms with E-state index in [9.17, 15) is 13.6 Å². The lowest BCUT2D eigenvalue weighted by Crippen LogP contribution is -2.54. The summed E-state index contributed by atoms with van der Waals surface area (Å²) < 4.78 is 36.3. The Kier molecular flexibility index (Phi) is 7.59. The first-order chi connectivity index (χ1) is 13.0. The maximum Gasteiger partial charge on any atom is 0.387 e. The molecule has 1 fully saturated rings. The summed E-state index contributed by atoms with van der Waals surface area (Å²) in [6.45, 7) is -1.36. The van der Waals surface area contributed by atoms with E-state index in [4.69, 9.17) is 4.74 Å². The number of amides is 1. The minimum absolute atomic E-state index is 0. The van der Waals surface area contributed by atoms with Crippen LogP contribution in [-0.2, 0) is 16.9 Å². The molecule has 0 atom stereocenters. The number of ether oxygens (including phenoxy) is 2. The molecule has 154 valence electrons. The molecule has 0 unspecified atom stereocenters. The molecule has 2 aromatic rings. The van der Waals surface area contributed by atoms with Gasteiger partial charge in [0.1, 0.15) is 5.54 Å². The van der Waals surface area contributed by atoms with Gasteiger partial charge in [0.15, 0.2) is 11.5 Å². The van der Waals surface area contributed by atoms with Gasteiger partial charge in [0, 0.05) is 18.9 Å². The summed E-state index contributed by atoms with van der Waals surface area (Å²) in [7, 11) is 1.38. The van der Waals surface area contributed by atoms with Crippen LogP contribution in [0.15, 0.2) is 36.7 Å². The molecule has 0 saturated carbocycles. The number of carbonyl (C=O) groups excluding carboxylic acids is 1. The Morgan fingerprint density at radius 2 is 2.11 bits per heavy atom. The number of methoxy groups -OCH3 is 1. The summed E-state index contributed by atoms with van der Waals surface area (Å²) in [6, 6.07) is 6.45. The molecule has 2 N–H and O–H groups in total. The van der Waals surface area contributed by atoms with Crippen molar-refractivity contribution in [1.29, 1.82) is 0 Å². The van der Waals surface area contributed by atoms with Gasteiger partial charge in [-0.05, 0) is 49.7 Å². The number of piperidine rings is 1. The highest BCUT2D eigenvalue weighted by Gasteiger charge is 2.41. The predicted molar refractivity (Wildman–Crippen MR) is 101 cm³/mol. The summed E-state index contributed by atoms with van der Waals surface area (Å²) >= 11 is 0. The van der Waals surface area contributed by atoms with Crippen molar-refractivity contribution in [3.63, 3.8) is 0 Å². The van der Waals surface area contributed by atoms with Crippen molar-refractivity contribution in [3.8, 4) is 11.5 Å². The third-order valence-electron chi connectivity index (χ3n) is 4.69. The number of hydrogen-bond donors (Lipinski definition) is 2. The van der Waals surface area contributed by atoms with E-state index in [0.29, 0.717) is 31.5 Å². The molecule has 1 saturated heterocycles. The molecule has 1 aromatic heterocycles. The monoisotopic (exact) mass is 416 g/mol. The Balaban J connectivity index is 0.00000280. The lowest BCUT2D eigenvalue weighted by atomic mass is 9.87. The maximum absolute atomic E-state index is 13.0. The minimum atomic E-state index is -2.96. The highest BCUT2D eigenvalue weighted by Crippen LogP contribution is 2.30. The van der Waals surface area contributed by atoms with Gasteiger partial charge in [0.2, 0.25) is 5.91 Å². The third kappa shape index (κ3) is 4.71. The van der Waals surface area contributed by atoms with Crippen LogP contribution in [0.2, 0.25) is 0 Å². The molecule has 1 aromatic carbocycles. The molecule has 0 aliphatic carbocycles. The van der Waals surface area contributed by atoms with E-state index in [1.54, 1.807) is 29.2 Å². The van der Waals surface area contributed by atoms with E-state index in [0.717, 1.165) is 0 Å². The van der Waals surface area contributed by atoms with E-state index < -0.39 is 12.2 Å². The van der Waals surface area contributed by atoms with Crippen LogP contribution in [0.3, 0.4) is 0 Å². The zero-order valence-electron chi connectivity index (χ0n) is 15.4. The second-order valence-corrected chi connectivity index (χ2v) is 6.28. The Morgan fingerprint density at radius 3 is 2.71 bits per heavy atom. The zero-order chi connectivity index (χ0) is 19.3. The standard InChI is InChI=1S/C18H22F2N4O3.ClH/c1-26-14-4-3-13(11-15(14)27-17(19)20)12-22-16(25)18(5-8-21-9-6-18)24-10-2-7-23-24;/h2-4,7,10-11,17,21H,5-6,8-9,12H2,1H3,(H,22,25);1H. The number of hydrogen-bond acceptors (Lipinski definition) is 5. The maximum atomic E-state index is 13.0. The van der Waals surface area contributed by atoms with Crippen LogP contribution in [-0.4, -0.2) is 42.5 Å². The normalized spacial score (nSPS) is 15.6. The molecular formula is C18H23ClF2N4O3. The number of halogens is 3. The number of aromatic nitrogens is 2. The summed E-state index contributed by atoms with van der Waals surface area (Å²) in [6.07, 6.45) is 4.66. The second kappa shape index (κ2) is 9.70. The Morgan fingerprint density at radius 1 is 1.36 bits per heavy atom. The number of nitrogens with one attached hydrogen (secondary N) is 2. The van der Waals surface area contributed by atoms with Gasteiger partial charge in [-0.25, -0.2) is 0 Å². The number of nitrogens with zero attached hydrogens (tertiary/aromatic N) is 2.